The van der Waals surface area contributed by atoms with Crippen LogP contribution >= 0.6 is 11.3 Å². The zero-order valence-corrected chi connectivity index (χ0v) is 12.4. The molecule has 0 spiro atoms. The van der Waals surface area contributed by atoms with E-state index in [0.717, 1.165) is 10.2 Å². The third kappa shape index (κ3) is 2.84. The number of nitrogens with zero attached hydrogens (tertiary/aromatic N) is 4. The predicted octanol–water partition coefficient (Wildman–Crippen LogP) is 1.73. The molecule has 0 aliphatic carbocycles. The molecule has 0 aliphatic rings. The van der Waals surface area contributed by atoms with Crippen LogP contribution in [0, 0.1) is 13.8 Å². The molecule has 0 unspecified atom stereocenters. The molecule has 3 rings (SSSR count). The Morgan fingerprint density at radius 1 is 1.38 bits per heavy atom. The van der Waals surface area contributed by atoms with Crippen LogP contribution in [0.2, 0.25) is 0 Å². The highest BCUT2D eigenvalue weighted by atomic mass is 32.1. The Balaban J connectivity index is 1.75. The molecule has 7 nitrogen and oxygen atoms in total. The number of aromatic nitrogens is 4. The minimum Gasteiger partial charge on any atom is -0.399 e. The Labute approximate surface area is 124 Å². The minimum absolute atomic E-state index is 0.116. The molecule has 0 radical (unpaired) electrons. The smallest absolute Gasteiger partial charge is 0.247 e. The molecule has 0 saturated heterocycles. The van der Waals surface area contributed by atoms with Crippen molar-refractivity contribution in [2.45, 2.75) is 20.4 Å². The van der Waals surface area contributed by atoms with Crippen molar-refractivity contribution in [2.75, 3.05) is 11.1 Å². The highest BCUT2D eigenvalue weighted by Gasteiger charge is 2.11. The molecule has 1 amide bonds. The molecule has 8 heteroatoms. The molecule has 0 atom stereocenters. The zero-order valence-electron chi connectivity index (χ0n) is 11.6. The van der Waals surface area contributed by atoms with E-state index in [1.165, 1.54) is 11.3 Å². The molecule has 2 heterocycles. The average Bonchev–Trinajstić information content (AvgIpc) is 2.91. The number of carbonyl (C=O) groups excluding carboxylic acids is 1. The van der Waals surface area contributed by atoms with Gasteiger partial charge in [-0.1, -0.05) is 11.3 Å². The lowest BCUT2D eigenvalue weighted by Gasteiger charge is -2.02. The van der Waals surface area contributed by atoms with Gasteiger partial charge >= 0.3 is 0 Å². The van der Waals surface area contributed by atoms with Crippen molar-refractivity contribution in [3.63, 3.8) is 0 Å². The monoisotopic (exact) mass is 302 g/mol. The van der Waals surface area contributed by atoms with Crippen molar-refractivity contribution in [1.82, 2.24) is 19.7 Å². The second-order valence-corrected chi connectivity index (χ2v) is 5.69. The third-order valence-corrected chi connectivity index (χ3v) is 3.85. The predicted molar refractivity (Wildman–Crippen MR) is 82.2 cm³/mol. The summed E-state index contributed by atoms with van der Waals surface area (Å²) in [5.41, 5.74) is 7.22. The number of rotatable bonds is 3. The van der Waals surface area contributed by atoms with Gasteiger partial charge in [0.2, 0.25) is 5.91 Å². The first kappa shape index (κ1) is 13.5. The molecule has 21 heavy (non-hydrogen) atoms. The summed E-state index contributed by atoms with van der Waals surface area (Å²) >= 11 is 1.39. The van der Waals surface area contributed by atoms with Crippen LogP contribution in [0.15, 0.2) is 18.2 Å². The van der Waals surface area contributed by atoms with E-state index in [2.05, 4.69) is 20.4 Å². The summed E-state index contributed by atoms with van der Waals surface area (Å²) in [5.74, 6) is 1.17. The number of hydrogen-bond donors (Lipinski definition) is 2. The first-order valence-electron chi connectivity index (χ1n) is 6.35. The Morgan fingerprint density at radius 3 is 2.90 bits per heavy atom. The van der Waals surface area contributed by atoms with Gasteiger partial charge in [0, 0.05) is 5.69 Å². The molecular weight excluding hydrogens is 288 g/mol. The van der Waals surface area contributed by atoms with Gasteiger partial charge in [-0.3, -0.25) is 4.79 Å². The molecule has 3 aromatic rings. The Bertz CT molecular complexity index is 821. The minimum atomic E-state index is -0.185. The summed E-state index contributed by atoms with van der Waals surface area (Å²) < 4.78 is 2.51. The normalized spacial score (nSPS) is 11.0. The number of hydrogen-bond acceptors (Lipinski definition) is 6. The SMILES string of the molecule is Cc1nc(C)n(CC(=O)Nc2nc3ccc(N)cc3s2)n1. The average molecular weight is 302 g/mol. The topological polar surface area (TPSA) is 98.7 Å². The third-order valence-electron chi connectivity index (χ3n) is 2.91. The van der Waals surface area contributed by atoms with Gasteiger partial charge in [-0.15, -0.1) is 0 Å². The molecular formula is C13H14N6OS. The summed E-state index contributed by atoms with van der Waals surface area (Å²) in [6, 6.07) is 5.46. The number of benzene rings is 1. The van der Waals surface area contributed by atoms with Crippen molar-refractivity contribution < 1.29 is 4.79 Å². The second kappa shape index (κ2) is 5.13. The first-order chi connectivity index (χ1) is 10.0. The van der Waals surface area contributed by atoms with Gasteiger partial charge in [0.25, 0.3) is 0 Å². The molecule has 108 valence electrons. The summed E-state index contributed by atoms with van der Waals surface area (Å²) in [4.78, 5) is 20.5. The number of nitrogen functional groups attached to an aromatic ring is 1. The van der Waals surface area contributed by atoms with E-state index >= 15 is 0 Å². The highest BCUT2D eigenvalue weighted by Crippen LogP contribution is 2.27. The van der Waals surface area contributed by atoms with Crippen molar-refractivity contribution in [3.8, 4) is 0 Å². The maximum atomic E-state index is 12.0. The lowest BCUT2D eigenvalue weighted by atomic mass is 10.3. The van der Waals surface area contributed by atoms with Crippen molar-refractivity contribution in [1.29, 1.82) is 0 Å². The molecule has 1 aromatic carbocycles. The van der Waals surface area contributed by atoms with Crippen LogP contribution in [0.25, 0.3) is 10.2 Å². The Hall–Kier alpha value is -2.48. The summed E-state index contributed by atoms with van der Waals surface area (Å²) in [7, 11) is 0. The van der Waals surface area contributed by atoms with Gasteiger partial charge in [0.05, 0.1) is 10.2 Å². The lowest BCUT2D eigenvalue weighted by Crippen LogP contribution is -2.20. The molecule has 0 saturated carbocycles. The van der Waals surface area contributed by atoms with Crippen molar-refractivity contribution in [2.24, 2.45) is 0 Å². The van der Waals surface area contributed by atoms with Crippen LogP contribution in [0.5, 0.6) is 0 Å². The first-order valence-corrected chi connectivity index (χ1v) is 7.17. The lowest BCUT2D eigenvalue weighted by molar-refractivity contribution is -0.116. The van der Waals surface area contributed by atoms with Crippen LogP contribution in [-0.2, 0) is 11.3 Å². The van der Waals surface area contributed by atoms with Gasteiger partial charge < -0.3 is 11.1 Å². The maximum absolute atomic E-state index is 12.0. The van der Waals surface area contributed by atoms with Crippen molar-refractivity contribution >= 4 is 38.3 Å². The quantitative estimate of drug-likeness (QED) is 0.718. The summed E-state index contributed by atoms with van der Waals surface area (Å²) in [5, 5.41) is 7.48. The van der Waals surface area contributed by atoms with Gasteiger partial charge in [0.1, 0.15) is 18.2 Å². The van der Waals surface area contributed by atoms with Gasteiger partial charge in [-0.2, -0.15) is 5.10 Å². The number of anilines is 2. The molecule has 0 fully saturated rings. The number of nitrogens with two attached hydrogens (primary N) is 1. The number of carbonyl (C=O) groups is 1. The summed E-state index contributed by atoms with van der Waals surface area (Å²) in [6.07, 6.45) is 0. The van der Waals surface area contributed by atoms with Gasteiger partial charge in [-0.05, 0) is 32.0 Å². The number of amides is 1. The van der Waals surface area contributed by atoms with E-state index in [1.54, 1.807) is 17.7 Å². The van der Waals surface area contributed by atoms with Crippen molar-refractivity contribution in [3.05, 3.63) is 29.8 Å². The summed E-state index contributed by atoms with van der Waals surface area (Å²) in [6.45, 7) is 3.72. The van der Waals surface area contributed by atoms with E-state index in [4.69, 9.17) is 5.73 Å². The van der Waals surface area contributed by atoms with E-state index in [-0.39, 0.29) is 12.5 Å². The van der Waals surface area contributed by atoms with Gasteiger partial charge in [0.15, 0.2) is 5.13 Å². The second-order valence-electron chi connectivity index (χ2n) is 4.66. The van der Waals surface area contributed by atoms with Crippen LogP contribution in [-0.4, -0.2) is 25.7 Å². The maximum Gasteiger partial charge on any atom is 0.247 e. The molecule has 3 N–H and O–H groups in total. The molecule has 2 aromatic heterocycles. The van der Waals surface area contributed by atoms with Crippen LogP contribution < -0.4 is 11.1 Å². The number of thiazole rings is 1. The van der Waals surface area contributed by atoms with E-state index < -0.39 is 0 Å². The molecule has 0 aliphatic heterocycles. The van der Waals surface area contributed by atoms with Crippen LogP contribution in [0.3, 0.4) is 0 Å². The fraction of sp³-hybridized carbons (Fsp3) is 0.231. The Morgan fingerprint density at radius 2 is 2.19 bits per heavy atom. The van der Waals surface area contributed by atoms with E-state index in [9.17, 15) is 4.79 Å². The standard InChI is InChI=1S/C13H14N6OS/c1-7-15-8(2)19(18-7)6-12(20)17-13-16-10-4-3-9(14)5-11(10)21-13/h3-5H,6,14H2,1-2H3,(H,16,17,20). The van der Waals surface area contributed by atoms with E-state index in [1.807, 2.05) is 19.1 Å². The Kier molecular flexibility index (Phi) is 3.30. The van der Waals surface area contributed by atoms with Gasteiger partial charge in [-0.25, -0.2) is 14.6 Å². The fourth-order valence-electron chi connectivity index (χ4n) is 2.00. The van der Waals surface area contributed by atoms with Crippen LogP contribution in [0.4, 0.5) is 10.8 Å². The van der Waals surface area contributed by atoms with E-state index in [0.29, 0.717) is 22.5 Å². The molecule has 0 bridgehead atoms. The van der Waals surface area contributed by atoms with Crippen LogP contribution in [0.1, 0.15) is 11.6 Å². The fourth-order valence-corrected chi connectivity index (χ4v) is 2.93. The zero-order chi connectivity index (χ0) is 15.0. The highest BCUT2D eigenvalue weighted by molar-refractivity contribution is 7.22. The number of fused-ring (bicyclic) bond motifs is 1. The number of nitrogens with one attached hydrogen (secondary N) is 1. The number of aryl methyl sites for hydroxylation is 2. The largest absolute Gasteiger partial charge is 0.399 e.